The van der Waals surface area contributed by atoms with Crippen molar-refractivity contribution in [2.24, 2.45) is 0 Å². The molecule has 5 heteroatoms. The van der Waals surface area contributed by atoms with Gasteiger partial charge in [-0.15, -0.1) is 0 Å². The third-order valence-electron chi connectivity index (χ3n) is 3.14. The molecule has 1 aromatic rings. The maximum Gasteiger partial charge on any atom is 0.329 e. The first kappa shape index (κ1) is 16.3. The summed E-state index contributed by atoms with van der Waals surface area (Å²) in [6.45, 7) is 4.11. The molecule has 1 unspecified atom stereocenters. The van der Waals surface area contributed by atoms with Crippen LogP contribution in [0.1, 0.15) is 13.8 Å². The summed E-state index contributed by atoms with van der Waals surface area (Å²) in [6.07, 6.45) is 0. The van der Waals surface area contributed by atoms with E-state index in [0.717, 1.165) is 11.4 Å². The fourth-order valence-electron chi connectivity index (χ4n) is 1.60. The van der Waals surface area contributed by atoms with Crippen molar-refractivity contribution in [2.75, 3.05) is 39.3 Å². The highest BCUT2D eigenvalue weighted by Crippen LogP contribution is 2.20. The van der Waals surface area contributed by atoms with Gasteiger partial charge < -0.3 is 19.7 Å². The van der Waals surface area contributed by atoms with Crippen LogP contribution in [-0.4, -0.2) is 45.9 Å². The van der Waals surface area contributed by atoms with Crippen molar-refractivity contribution in [1.82, 2.24) is 5.32 Å². The van der Waals surface area contributed by atoms with Crippen LogP contribution < -0.4 is 15.0 Å². The molecule has 0 aromatic heterocycles. The lowest BCUT2D eigenvalue weighted by Crippen LogP contribution is -2.53. The van der Waals surface area contributed by atoms with Crippen LogP contribution in [0.15, 0.2) is 24.3 Å². The van der Waals surface area contributed by atoms with Gasteiger partial charge in [-0.05, 0) is 33.0 Å². The normalized spacial score (nSPS) is 13.4. The predicted molar refractivity (Wildman–Crippen MR) is 80.4 cm³/mol. The van der Waals surface area contributed by atoms with Crippen LogP contribution >= 0.6 is 0 Å². The number of benzene rings is 1. The highest BCUT2D eigenvalue weighted by atomic mass is 16.5. The number of carbonyl (C=O) groups is 1. The Labute approximate surface area is 120 Å². The van der Waals surface area contributed by atoms with Gasteiger partial charge in [0.2, 0.25) is 0 Å². The topological polar surface area (TPSA) is 50.8 Å². The molecule has 0 radical (unpaired) electrons. The molecule has 0 fully saturated rings. The second-order valence-electron chi connectivity index (χ2n) is 4.98. The number of ether oxygens (including phenoxy) is 2. The zero-order valence-electron chi connectivity index (χ0n) is 12.9. The van der Waals surface area contributed by atoms with Gasteiger partial charge in [-0.3, -0.25) is 0 Å². The molecule has 5 nitrogen and oxygen atoms in total. The second kappa shape index (κ2) is 7.14. The van der Waals surface area contributed by atoms with Crippen molar-refractivity contribution < 1.29 is 14.3 Å². The van der Waals surface area contributed by atoms with E-state index in [1.807, 2.05) is 43.3 Å². The zero-order valence-corrected chi connectivity index (χ0v) is 12.9. The lowest BCUT2D eigenvalue weighted by molar-refractivity contribution is -0.151. The monoisotopic (exact) mass is 280 g/mol. The first-order valence-corrected chi connectivity index (χ1v) is 6.69. The number of nitrogens with zero attached hydrogens (tertiary/aromatic N) is 1. The number of esters is 1. The van der Waals surface area contributed by atoms with E-state index in [0.29, 0.717) is 6.61 Å². The second-order valence-corrected chi connectivity index (χ2v) is 4.98. The number of carbonyl (C=O) groups excluding carboxylic acids is 1. The first-order chi connectivity index (χ1) is 9.42. The number of anilines is 1. The summed E-state index contributed by atoms with van der Waals surface area (Å²) in [7, 11) is 5.65. The molecule has 1 aromatic carbocycles. The Hall–Kier alpha value is -1.75. The van der Waals surface area contributed by atoms with Gasteiger partial charge in [0.25, 0.3) is 0 Å². The van der Waals surface area contributed by atoms with Gasteiger partial charge in [-0.2, -0.15) is 0 Å². The average molecular weight is 280 g/mol. The van der Waals surface area contributed by atoms with Gasteiger partial charge in [0.1, 0.15) is 17.9 Å². The third-order valence-corrected chi connectivity index (χ3v) is 3.14. The first-order valence-electron chi connectivity index (χ1n) is 6.69. The van der Waals surface area contributed by atoms with Gasteiger partial charge in [-0.1, -0.05) is 6.07 Å². The Bertz CT molecular complexity index is 448. The molecule has 0 spiro atoms. The summed E-state index contributed by atoms with van der Waals surface area (Å²) < 4.78 is 10.8. The van der Waals surface area contributed by atoms with Gasteiger partial charge in [0.05, 0.1) is 6.61 Å². The quantitative estimate of drug-likeness (QED) is 0.770. The molecular formula is C15H24N2O3. The number of hydrogen-bond acceptors (Lipinski definition) is 5. The van der Waals surface area contributed by atoms with Crippen LogP contribution in [0.3, 0.4) is 0 Å². The van der Waals surface area contributed by atoms with Gasteiger partial charge in [-0.25, -0.2) is 4.79 Å². The lowest BCUT2D eigenvalue weighted by Gasteiger charge is -2.26. The number of rotatable bonds is 7. The van der Waals surface area contributed by atoms with Crippen molar-refractivity contribution in [1.29, 1.82) is 0 Å². The Kier molecular flexibility index (Phi) is 5.82. The van der Waals surface area contributed by atoms with E-state index >= 15 is 0 Å². The number of hydrogen-bond donors (Lipinski definition) is 1. The molecule has 1 N–H and O–H groups in total. The third kappa shape index (κ3) is 4.13. The minimum absolute atomic E-state index is 0.208. The Morgan fingerprint density at radius 2 is 2.10 bits per heavy atom. The molecular weight excluding hydrogens is 256 g/mol. The Morgan fingerprint density at radius 1 is 1.40 bits per heavy atom. The van der Waals surface area contributed by atoms with Gasteiger partial charge >= 0.3 is 5.97 Å². The van der Waals surface area contributed by atoms with E-state index < -0.39 is 5.54 Å². The van der Waals surface area contributed by atoms with Crippen LogP contribution in [0.25, 0.3) is 0 Å². The zero-order chi connectivity index (χ0) is 15.2. The molecule has 0 bridgehead atoms. The number of nitrogens with one attached hydrogen (secondary N) is 1. The number of likely N-dealkylation sites (N-methyl/N-ethyl adjacent to an activating group) is 1. The molecule has 20 heavy (non-hydrogen) atoms. The molecule has 0 saturated carbocycles. The van der Waals surface area contributed by atoms with E-state index in [9.17, 15) is 4.79 Å². The van der Waals surface area contributed by atoms with Crippen molar-refractivity contribution in [3.63, 3.8) is 0 Å². The van der Waals surface area contributed by atoms with Crippen LogP contribution in [0.2, 0.25) is 0 Å². The molecule has 1 rings (SSSR count). The van der Waals surface area contributed by atoms with Gasteiger partial charge in [0, 0.05) is 25.8 Å². The summed E-state index contributed by atoms with van der Waals surface area (Å²) in [5, 5.41) is 2.96. The predicted octanol–water partition coefficient (Wildman–Crippen LogP) is 1.67. The van der Waals surface area contributed by atoms with Crippen molar-refractivity contribution in [3.8, 4) is 5.75 Å². The van der Waals surface area contributed by atoms with Crippen molar-refractivity contribution in [2.45, 2.75) is 19.4 Å². The summed E-state index contributed by atoms with van der Waals surface area (Å²) in [5.41, 5.74) is 0.189. The summed E-state index contributed by atoms with van der Waals surface area (Å²) in [5.74, 6) is 0.410. The smallest absolute Gasteiger partial charge is 0.329 e. The molecule has 0 aliphatic heterocycles. The maximum absolute atomic E-state index is 11.9. The van der Waals surface area contributed by atoms with Crippen LogP contribution in [0.5, 0.6) is 5.75 Å². The summed E-state index contributed by atoms with van der Waals surface area (Å²) in [4.78, 5) is 13.9. The highest BCUT2D eigenvalue weighted by Gasteiger charge is 2.34. The lowest BCUT2D eigenvalue weighted by atomic mass is 10.1. The van der Waals surface area contributed by atoms with Crippen molar-refractivity contribution in [3.05, 3.63) is 24.3 Å². The molecule has 112 valence electrons. The standard InChI is InChI=1S/C15H24N2O3/c1-6-19-14(18)15(2,16-3)11-20-13-9-7-8-12(10-13)17(4)5/h7-10,16H,6,11H2,1-5H3. The van der Waals surface area contributed by atoms with Crippen molar-refractivity contribution >= 4 is 11.7 Å². The summed E-state index contributed by atoms with van der Waals surface area (Å²) in [6, 6.07) is 7.72. The molecule has 0 amide bonds. The van der Waals surface area contributed by atoms with E-state index in [-0.39, 0.29) is 12.6 Å². The van der Waals surface area contributed by atoms with E-state index in [1.165, 1.54) is 0 Å². The highest BCUT2D eigenvalue weighted by molar-refractivity contribution is 5.80. The molecule has 0 aliphatic rings. The molecule has 1 atom stereocenters. The largest absolute Gasteiger partial charge is 0.491 e. The Balaban J connectivity index is 2.73. The van der Waals surface area contributed by atoms with Crippen LogP contribution in [0.4, 0.5) is 5.69 Å². The van der Waals surface area contributed by atoms with Crippen LogP contribution in [0, 0.1) is 0 Å². The minimum Gasteiger partial charge on any atom is -0.491 e. The van der Waals surface area contributed by atoms with Crippen LogP contribution in [-0.2, 0) is 9.53 Å². The summed E-state index contributed by atoms with van der Waals surface area (Å²) >= 11 is 0. The van der Waals surface area contributed by atoms with E-state index in [4.69, 9.17) is 9.47 Å². The minimum atomic E-state index is -0.857. The van der Waals surface area contributed by atoms with Gasteiger partial charge in [0.15, 0.2) is 0 Å². The van der Waals surface area contributed by atoms with E-state index in [2.05, 4.69) is 5.32 Å². The SMILES string of the molecule is CCOC(=O)C(C)(COc1cccc(N(C)C)c1)NC. The molecule has 0 heterocycles. The fourth-order valence-corrected chi connectivity index (χ4v) is 1.60. The average Bonchev–Trinajstić information content (AvgIpc) is 2.45. The Morgan fingerprint density at radius 3 is 2.65 bits per heavy atom. The molecule has 0 aliphatic carbocycles. The fraction of sp³-hybridized carbons (Fsp3) is 0.533. The van der Waals surface area contributed by atoms with E-state index in [1.54, 1.807) is 20.9 Å². The molecule has 0 saturated heterocycles. The maximum atomic E-state index is 11.9.